The molecule has 0 unspecified atom stereocenters. The smallest absolute Gasteiger partial charge is 0.225 e. The summed E-state index contributed by atoms with van der Waals surface area (Å²) in [5.41, 5.74) is 1.02. The largest absolute Gasteiger partial charge is 0.335 e. The van der Waals surface area contributed by atoms with Crippen molar-refractivity contribution in [2.24, 2.45) is 7.05 Å². The Labute approximate surface area is 118 Å². The molecule has 19 heavy (non-hydrogen) atoms. The molecule has 0 aliphatic rings. The monoisotopic (exact) mass is 291 g/mol. The zero-order valence-corrected chi connectivity index (χ0v) is 11.9. The second-order valence-corrected chi connectivity index (χ2v) is 5.87. The summed E-state index contributed by atoms with van der Waals surface area (Å²) in [6, 6.07) is 5.56. The highest BCUT2D eigenvalue weighted by molar-refractivity contribution is 7.14. The van der Waals surface area contributed by atoms with E-state index in [1.807, 2.05) is 42.9 Å². The lowest BCUT2D eigenvalue weighted by Crippen LogP contribution is -2.05. The van der Waals surface area contributed by atoms with Gasteiger partial charge in [0, 0.05) is 23.5 Å². The van der Waals surface area contributed by atoms with Crippen molar-refractivity contribution >= 4 is 39.8 Å². The summed E-state index contributed by atoms with van der Waals surface area (Å²) in [5.74, 6) is -0.112. The van der Waals surface area contributed by atoms with Crippen molar-refractivity contribution in [2.75, 3.05) is 0 Å². The number of rotatable bonds is 2. The number of carbonyl (C=O) groups is 1. The van der Waals surface area contributed by atoms with Gasteiger partial charge in [-0.25, -0.2) is 4.98 Å². The fourth-order valence-electron chi connectivity index (χ4n) is 1.96. The van der Waals surface area contributed by atoms with Gasteiger partial charge in [-0.15, -0.1) is 11.3 Å². The van der Waals surface area contributed by atoms with Crippen LogP contribution in [0.2, 0.25) is 5.28 Å². The van der Waals surface area contributed by atoms with Crippen LogP contribution in [-0.2, 0) is 7.05 Å². The molecule has 4 nitrogen and oxygen atoms in total. The third kappa shape index (κ3) is 2.05. The third-order valence-electron chi connectivity index (χ3n) is 2.88. The van der Waals surface area contributed by atoms with E-state index < -0.39 is 0 Å². The van der Waals surface area contributed by atoms with E-state index in [1.165, 1.54) is 11.3 Å². The van der Waals surface area contributed by atoms with E-state index in [1.54, 1.807) is 0 Å². The Hall–Kier alpha value is -1.72. The first-order chi connectivity index (χ1) is 9.06. The lowest BCUT2D eigenvalue weighted by molar-refractivity contribution is 0.103. The van der Waals surface area contributed by atoms with Gasteiger partial charge < -0.3 is 4.57 Å². The van der Waals surface area contributed by atoms with E-state index in [2.05, 4.69) is 9.97 Å². The number of nitrogens with zero attached hydrogens (tertiary/aromatic N) is 3. The van der Waals surface area contributed by atoms with Gasteiger partial charge in [0.05, 0.1) is 4.88 Å². The van der Waals surface area contributed by atoms with E-state index in [0.717, 1.165) is 10.3 Å². The maximum absolute atomic E-state index is 12.5. The van der Waals surface area contributed by atoms with Crippen LogP contribution in [0, 0.1) is 6.92 Å². The van der Waals surface area contributed by atoms with E-state index in [-0.39, 0.29) is 11.1 Å². The molecule has 0 fully saturated rings. The first-order valence-electron chi connectivity index (χ1n) is 5.66. The molecular formula is C13H10ClN3OS. The predicted octanol–water partition coefficient (Wildman–Crippen LogP) is 3.22. The summed E-state index contributed by atoms with van der Waals surface area (Å²) in [5, 5.41) is 0.814. The zero-order chi connectivity index (χ0) is 13.6. The van der Waals surface area contributed by atoms with Crippen LogP contribution in [0.3, 0.4) is 0 Å². The molecule has 0 aliphatic heterocycles. The number of aromatic nitrogens is 3. The molecule has 0 aromatic carbocycles. The van der Waals surface area contributed by atoms with Crippen molar-refractivity contribution in [1.82, 2.24) is 14.5 Å². The molecule has 0 amide bonds. The molecule has 96 valence electrons. The lowest BCUT2D eigenvalue weighted by Gasteiger charge is -2.02. The van der Waals surface area contributed by atoms with E-state index in [9.17, 15) is 4.79 Å². The Bertz CT molecular complexity index is 790. The molecular weight excluding hydrogens is 282 g/mol. The Kier molecular flexibility index (Phi) is 2.88. The second-order valence-electron chi connectivity index (χ2n) is 4.24. The van der Waals surface area contributed by atoms with Gasteiger partial charge in [-0.2, -0.15) is 4.98 Å². The van der Waals surface area contributed by atoms with Crippen molar-refractivity contribution in [1.29, 1.82) is 0 Å². The maximum Gasteiger partial charge on any atom is 0.225 e. The second kappa shape index (κ2) is 4.43. The number of carbonyl (C=O) groups excluding carboxylic acids is 1. The number of hydrogen-bond donors (Lipinski definition) is 0. The predicted molar refractivity (Wildman–Crippen MR) is 76.0 cm³/mol. The number of aryl methyl sites for hydroxylation is 2. The molecule has 3 heterocycles. The fourth-order valence-corrected chi connectivity index (χ4v) is 2.93. The van der Waals surface area contributed by atoms with E-state index >= 15 is 0 Å². The zero-order valence-electron chi connectivity index (χ0n) is 10.3. The first kappa shape index (κ1) is 12.3. The molecule has 0 atom stereocenters. The molecule has 0 spiro atoms. The minimum absolute atomic E-state index is 0.0888. The number of ketones is 1. The summed E-state index contributed by atoms with van der Waals surface area (Å²) in [7, 11) is 1.86. The molecule has 0 saturated carbocycles. The highest BCUT2D eigenvalue weighted by Gasteiger charge is 2.19. The van der Waals surface area contributed by atoms with Gasteiger partial charge in [-0.05, 0) is 36.7 Å². The average molecular weight is 292 g/mol. The SMILES string of the molecule is Cc1ccc(C(=O)c2nc(Cl)nc3c2ccn3C)s1. The van der Waals surface area contributed by atoms with Crippen LogP contribution >= 0.6 is 22.9 Å². The van der Waals surface area contributed by atoms with Crippen LogP contribution in [0.25, 0.3) is 11.0 Å². The van der Waals surface area contributed by atoms with Gasteiger partial charge in [0.1, 0.15) is 11.3 Å². The standard InChI is InChI=1S/C13H10ClN3OS/c1-7-3-4-9(19-7)11(18)10-8-5-6-17(2)12(8)16-13(14)15-10/h3-6H,1-2H3. The van der Waals surface area contributed by atoms with E-state index in [4.69, 9.17) is 11.6 Å². The molecule has 3 rings (SSSR count). The Balaban J connectivity index is 2.22. The molecule has 0 bridgehead atoms. The minimum atomic E-state index is -0.112. The third-order valence-corrected chi connectivity index (χ3v) is 4.04. The van der Waals surface area contributed by atoms with Crippen LogP contribution in [0.4, 0.5) is 0 Å². The Morgan fingerprint density at radius 1 is 1.32 bits per heavy atom. The van der Waals surface area contributed by atoms with Crippen LogP contribution in [0.1, 0.15) is 20.2 Å². The van der Waals surface area contributed by atoms with Crippen LogP contribution in [0.15, 0.2) is 24.4 Å². The Morgan fingerprint density at radius 2 is 2.11 bits per heavy atom. The molecule has 0 N–H and O–H groups in total. The number of thiophene rings is 1. The van der Waals surface area contributed by atoms with Crippen molar-refractivity contribution in [3.8, 4) is 0 Å². The van der Waals surface area contributed by atoms with Crippen molar-refractivity contribution in [3.63, 3.8) is 0 Å². The summed E-state index contributed by atoms with van der Waals surface area (Å²) in [6.45, 7) is 1.96. The summed E-state index contributed by atoms with van der Waals surface area (Å²) >= 11 is 7.36. The highest BCUT2D eigenvalue weighted by Crippen LogP contribution is 2.24. The minimum Gasteiger partial charge on any atom is -0.335 e. The van der Waals surface area contributed by atoms with Gasteiger partial charge in [0.2, 0.25) is 11.1 Å². The van der Waals surface area contributed by atoms with Gasteiger partial charge >= 0.3 is 0 Å². The summed E-state index contributed by atoms with van der Waals surface area (Å²) in [4.78, 5) is 22.5. The van der Waals surface area contributed by atoms with Crippen molar-refractivity contribution in [2.45, 2.75) is 6.92 Å². The van der Waals surface area contributed by atoms with E-state index in [0.29, 0.717) is 16.2 Å². The molecule has 0 saturated heterocycles. The van der Waals surface area contributed by atoms with Gasteiger partial charge in [-0.1, -0.05) is 0 Å². The summed E-state index contributed by atoms with van der Waals surface area (Å²) < 4.78 is 1.82. The molecule has 6 heteroatoms. The Morgan fingerprint density at radius 3 is 2.79 bits per heavy atom. The van der Waals surface area contributed by atoms with Crippen LogP contribution < -0.4 is 0 Å². The van der Waals surface area contributed by atoms with Crippen LogP contribution in [-0.4, -0.2) is 20.3 Å². The van der Waals surface area contributed by atoms with Crippen molar-refractivity contribution in [3.05, 3.63) is 45.1 Å². The van der Waals surface area contributed by atoms with Gasteiger partial charge in [-0.3, -0.25) is 4.79 Å². The number of fused-ring (bicyclic) bond motifs is 1. The molecule has 3 aromatic rings. The molecule has 3 aromatic heterocycles. The summed E-state index contributed by atoms with van der Waals surface area (Å²) in [6.07, 6.45) is 1.84. The number of halogens is 1. The number of hydrogen-bond acceptors (Lipinski definition) is 4. The highest BCUT2D eigenvalue weighted by atomic mass is 35.5. The quantitative estimate of drug-likeness (QED) is 0.538. The molecule has 0 radical (unpaired) electrons. The topological polar surface area (TPSA) is 47.8 Å². The first-order valence-corrected chi connectivity index (χ1v) is 6.85. The van der Waals surface area contributed by atoms with Crippen molar-refractivity contribution < 1.29 is 4.79 Å². The maximum atomic E-state index is 12.5. The van der Waals surface area contributed by atoms with Gasteiger partial charge in [0.25, 0.3) is 0 Å². The lowest BCUT2D eigenvalue weighted by atomic mass is 10.2. The molecule has 0 aliphatic carbocycles. The van der Waals surface area contributed by atoms with Gasteiger partial charge in [0.15, 0.2) is 0 Å². The average Bonchev–Trinajstić information content (AvgIpc) is 2.95. The van der Waals surface area contributed by atoms with Crippen LogP contribution in [0.5, 0.6) is 0 Å². The fraction of sp³-hybridized carbons (Fsp3) is 0.154. The normalized spacial score (nSPS) is 11.1.